The molecule has 0 unspecified atom stereocenters. The zero-order valence-corrected chi connectivity index (χ0v) is 14.5. The van der Waals surface area contributed by atoms with Gasteiger partial charge in [-0.3, -0.25) is 4.79 Å². The summed E-state index contributed by atoms with van der Waals surface area (Å²) < 4.78 is 36.6. The highest BCUT2D eigenvalue weighted by Gasteiger charge is 2.25. The average Bonchev–Trinajstić information content (AvgIpc) is 3.08. The summed E-state index contributed by atoms with van der Waals surface area (Å²) in [7, 11) is 1.21. The van der Waals surface area contributed by atoms with E-state index in [1.54, 1.807) is 0 Å². The molecule has 0 radical (unpaired) electrons. The van der Waals surface area contributed by atoms with E-state index in [0.29, 0.717) is 6.07 Å². The van der Waals surface area contributed by atoms with Crippen molar-refractivity contribution in [3.05, 3.63) is 59.9 Å². The highest BCUT2D eigenvalue weighted by Crippen LogP contribution is 2.14. The molecule has 9 heteroatoms. The van der Waals surface area contributed by atoms with Crippen molar-refractivity contribution in [2.24, 2.45) is 5.16 Å². The Morgan fingerprint density at radius 1 is 1.37 bits per heavy atom. The summed E-state index contributed by atoms with van der Waals surface area (Å²) in [5, 5.41) is 6.38. The minimum atomic E-state index is -0.809. The third-order valence-electron chi connectivity index (χ3n) is 3.39. The summed E-state index contributed by atoms with van der Waals surface area (Å²) in [5.41, 5.74) is 0.101. The van der Waals surface area contributed by atoms with E-state index in [2.05, 4.69) is 21.8 Å². The van der Waals surface area contributed by atoms with Crippen LogP contribution in [0.1, 0.15) is 12.0 Å². The molecular formula is C18H18F2N2O5. The first kappa shape index (κ1) is 20.1. The smallest absolute Gasteiger partial charge is 0.373 e. The van der Waals surface area contributed by atoms with Gasteiger partial charge >= 0.3 is 5.97 Å². The molecule has 1 N–H and O–H groups in total. The van der Waals surface area contributed by atoms with Gasteiger partial charge in [-0.1, -0.05) is 17.8 Å². The van der Waals surface area contributed by atoms with Crippen LogP contribution in [0.2, 0.25) is 0 Å². The lowest BCUT2D eigenvalue weighted by Crippen LogP contribution is -2.35. The highest BCUT2D eigenvalue weighted by atomic mass is 19.1. The van der Waals surface area contributed by atoms with Gasteiger partial charge in [0.15, 0.2) is 0 Å². The Kier molecular flexibility index (Phi) is 7.04. The van der Waals surface area contributed by atoms with Crippen LogP contribution in [0.25, 0.3) is 0 Å². The van der Waals surface area contributed by atoms with E-state index in [-0.39, 0.29) is 36.7 Å². The number of ether oxygens (including phenoxy) is 2. The predicted octanol–water partition coefficient (Wildman–Crippen LogP) is 1.83. The number of carbonyl (C=O) groups excluding carboxylic acids is 2. The Morgan fingerprint density at radius 2 is 2.07 bits per heavy atom. The van der Waals surface area contributed by atoms with Crippen molar-refractivity contribution in [3.63, 3.8) is 0 Å². The van der Waals surface area contributed by atoms with Gasteiger partial charge in [-0.25, -0.2) is 13.6 Å². The summed E-state index contributed by atoms with van der Waals surface area (Å²) in [6, 6.07) is 2.24. The number of hydrogen-bond acceptors (Lipinski definition) is 6. The van der Waals surface area contributed by atoms with Crippen molar-refractivity contribution in [1.29, 1.82) is 0 Å². The molecular weight excluding hydrogens is 362 g/mol. The molecule has 1 aromatic carbocycles. The van der Waals surface area contributed by atoms with Gasteiger partial charge in [-0.15, -0.1) is 0 Å². The fraction of sp³-hybridized carbons (Fsp3) is 0.278. The number of halogens is 2. The number of esters is 1. The first-order chi connectivity index (χ1) is 12.9. The zero-order valence-electron chi connectivity index (χ0n) is 14.5. The van der Waals surface area contributed by atoms with Crippen molar-refractivity contribution in [2.75, 3.05) is 20.3 Å². The van der Waals surface area contributed by atoms with Crippen molar-refractivity contribution in [1.82, 2.24) is 5.32 Å². The number of nitrogens with zero attached hydrogens (tertiary/aromatic N) is 1. The summed E-state index contributed by atoms with van der Waals surface area (Å²) in [6.07, 6.45) is 2.54. The lowest BCUT2D eigenvalue weighted by molar-refractivity contribution is -0.139. The first-order valence-corrected chi connectivity index (χ1v) is 7.91. The molecule has 0 spiro atoms. The predicted molar refractivity (Wildman–Crippen MR) is 91.6 cm³/mol. The first-order valence-electron chi connectivity index (χ1n) is 7.91. The molecule has 1 atom stereocenters. The van der Waals surface area contributed by atoms with Crippen molar-refractivity contribution in [2.45, 2.75) is 12.5 Å². The number of methoxy groups -OCH3 is 1. The van der Waals surface area contributed by atoms with Crippen LogP contribution in [-0.2, 0) is 23.9 Å². The molecule has 2 rings (SSSR count). The molecule has 1 aliphatic heterocycles. The molecule has 1 aliphatic rings. The van der Waals surface area contributed by atoms with Crippen LogP contribution in [0.3, 0.4) is 0 Å². The second-order valence-electron chi connectivity index (χ2n) is 5.46. The van der Waals surface area contributed by atoms with Gasteiger partial charge in [0.2, 0.25) is 11.7 Å². The maximum Gasteiger partial charge on any atom is 0.373 e. The van der Waals surface area contributed by atoms with Crippen LogP contribution in [-0.4, -0.2) is 44.0 Å². The largest absolute Gasteiger partial charge is 0.484 e. The number of oxime groups is 1. The van der Waals surface area contributed by atoms with Gasteiger partial charge < -0.3 is 19.6 Å². The van der Waals surface area contributed by atoms with Crippen LogP contribution in [0.15, 0.2) is 47.8 Å². The Balaban J connectivity index is 2.09. The second kappa shape index (κ2) is 9.46. The van der Waals surface area contributed by atoms with Gasteiger partial charge in [-0.2, -0.15) is 0 Å². The highest BCUT2D eigenvalue weighted by molar-refractivity contribution is 6.10. The van der Waals surface area contributed by atoms with E-state index in [1.165, 1.54) is 19.3 Å². The molecule has 0 aromatic heterocycles. The van der Waals surface area contributed by atoms with Crippen molar-refractivity contribution < 1.29 is 32.7 Å². The summed E-state index contributed by atoms with van der Waals surface area (Å²) >= 11 is 0. The molecule has 0 saturated carbocycles. The molecule has 144 valence electrons. The fourth-order valence-electron chi connectivity index (χ4n) is 2.25. The minimum absolute atomic E-state index is 0.00166. The topological polar surface area (TPSA) is 86.2 Å². The molecule has 1 heterocycles. The average molecular weight is 380 g/mol. The minimum Gasteiger partial charge on any atom is -0.484 e. The lowest BCUT2D eigenvalue weighted by Gasteiger charge is -2.11. The Labute approximate surface area is 154 Å². The van der Waals surface area contributed by atoms with Gasteiger partial charge in [-0.05, 0) is 18.2 Å². The molecule has 0 fully saturated rings. The molecule has 7 nitrogen and oxygen atoms in total. The Bertz CT molecular complexity index is 772. The fourth-order valence-corrected chi connectivity index (χ4v) is 2.25. The number of amides is 1. The van der Waals surface area contributed by atoms with Crippen LogP contribution < -0.4 is 5.32 Å². The van der Waals surface area contributed by atoms with E-state index in [4.69, 9.17) is 9.57 Å². The van der Waals surface area contributed by atoms with Gasteiger partial charge in [0.1, 0.15) is 24.8 Å². The van der Waals surface area contributed by atoms with Crippen LogP contribution in [0.4, 0.5) is 8.78 Å². The monoisotopic (exact) mass is 380 g/mol. The molecule has 0 aliphatic carbocycles. The molecule has 0 saturated heterocycles. The summed E-state index contributed by atoms with van der Waals surface area (Å²) in [5.74, 6) is -2.77. The van der Waals surface area contributed by atoms with E-state index in [9.17, 15) is 18.4 Å². The standard InChI is InChI=1S/C18H18F2N2O5/c1-3-4-27-22-15(11-5-12(19)7-13(20)6-11)9-17(23)21-14-8-16(26-10-14)18(24)25-2/h3,5-8,14H,1,4,9-10H2,2H3,(H,21,23)/b22-15+/t14-/m1/s1. The van der Waals surface area contributed by atoms with E-state index >= 15 is 0 Å². The maximum atomic E-state index is 13.5. The Hall–Kier alpha value is -3.23. The molecule has 1 aromatic rings. The molecule has 0 bridgehead atoms. The van der Waals surface area contributed by atoms with Crippen molar-refractivity contribution in [3.8, 4) is 0 Å². The van der Waals surface area contributed by atoms with E-state index < -0.39 is 29.6 Å². The second-order valence-corrected chi connectivity index (χ2v) is 5.46. The molecule has 1 amide bonds. The number of hydrogen-bond donors (Lipinski definition) is 1. The normalized spacial score (nSPS) is 16.2. The maximum absolute atomic E-state index is 13.5. The number of carbonyl (C=O) groups is 2. The van der Waals surface area contributed by atoms with Gasteiger partial charge in [0.05, 0.1) is 25.3 Å². The van der Waals surface area contributed by atoms with E-state index in [1.807, 2.05) is 0 Å². The summed E-state index contributed by atoms with van der Waals surface area (Å²) in [4.78, 5) is 28.6. The number of nitrogens with one attached hydrogen (secondary N) is 1. The Morgan fingerprint density at radius 3 is 2.70 bits per heavy atom. The number of rotatable bonds is 8. The van der Waals surface area contributed by atoms with E-state index in [0.717, 1.165) is 12.1 Å². The van der Waals surface area contributed by atoms with Gasteiger partial charge in [0.25, 0.3) is 0 Å². The lowest BCUT2D eigenvalue weighted by atomic mass is 10.1. The molecule has 27 heavy (non-hydrogen) atoms. The van der Waals surface area contributed by atoms with Crippen LogP contribution >= 0.6 is 0 Å². The summed E-state index contributed by atoms with van der Waals surface area (Å²) in [6.45, 7) is 3.58. The van der Waals surface area contributed by atoms with Crippen molar-refractivity contribution >= 4 is 17.6 Å². The third kappa shape index (κ3) is 5.91. The van der Waals surface area contributed by atoms with Crippen LogP contribution in [0, 0.1) is 11.6 Å². The van der Waals surface area contributed by atoms with Gasteiger partial charge in [0, 0.05) is 11.6 Å². The SMILES string of the molecule is C=CCO/N=C(\CC(=O)N[C@@H]1C=C(C(=O)OC)OC1)c1cc(F)cc(F)c1. The van der Waals surface area contributed by atoms with Crippen LogP contribution in [0.5, 0.6) is 0 Å². The number of benzene rings is 1. The third-order valence-corrected chi connectivity index (χ3v) is 3.39. The zero-order chi connectivity index (χ0) is 19.8. The quantitative estimate of drug-likeness (QED) is 0.245.